The topological polar surface area (TPSA) is 85.4 Å². The lowest BCUT2D eigenvalue weighted by atomic mass is 9.95. The Morgan fingerprint density at radius 1 is 1.29 bits per heavy atom. The average Bonchev–Trinajstić information content (AvgIpc) is 2.56. The number of pyridine rings is 1. The molecule has 3 rings (SSSR count). The summed E-state index contributed by atoms with van der Waals surface area (Å²) in [5, 5.41) is 0. The summed E-state index contributed by atoms with van der Waals surface area (Å²) in [4.78, 5) is 37.8. The third-order valence-corrected chi connectivity index (χ3v) is 4.79. The minimum Gasteiger partial charge on any atom is -0.365 e. The van der Waals surface area contributed by atoms with Crippen molar-refractivity contribution in [3.63, 3.8) is 0 Å². The molecule has 0 aromatic carbocycles. The Balaban J connectivity index is 2.21. The molecular weight excluding hydrogens is 270 g/mol. The van der Waals surface area contributed by atoms with Gasteiger partial charge in [0.2, 0.25) is 0 Å². The minimum atomic E-state index is -0.750. The minimum absolute atomic E-state index is 0.0514. The van der Waals surface area contributed by atoms with Gasteiger partial charge in [0.25, 0.3) is 11.8 Å². The summed E-state index contributed by atoms with van der Waals surface area (Å²) in [5.41, 5.74) is 5.08. The number of rotatable bonds is 1. The highest BCUT2D eigenvalue weighted by Gasteiger charge is 2.38. The Labute approximate surface area is 122 Å². The van der Waals surface area contributed by atoms with E-state index in [1.807, 2.05) is 11.8 Å². The van der Waals surface area contributed by atoms with E-state index in [1.54, 1.807) is 4.57 Å². The van der Waals surface area contributed by atoms with Crippen LogP contribution in [-0.2, 0) is 0 Å². The number of aromatic nitrogens is 1. The largest absolute Gasteiger partial charge is 0.365 e. The summed E-state index contributed by atoms with van der Waals surface area (Å²) >= 11 is 0. The average molecular weight is 289 g/mol. The molecule has 2 N–H and O–H groups in total. The van der Waals surface area contributed by atoms with Gasteiger partial charge in [-0.05, 0) is 25.7 Å². The van der Waals surface area contributed by atoms with Crippen molar-refractivity contribution in [2.24, 2.45) is 11.7 Å². The van der Waals surface area contributed by atoms with Crippen molar-refractivity contribution in [1.29, 1.82) is 0 Å². The maximum Gasteiger partial charge on any atom is 0.270 e. The van der Waals surface area contributed by atoms with Crippen LogP contribution in [0.3, 0.4) is 0 Å². The molecule has 2 aliphatic heterocycles. The first-order valence-corrected chi connectivity index (χ1v) is 7.27. The van der Waals surface area contributed by atoms with Gasteiger partial charge in [0.1, 0.15) is 11.3 Å². The van der Waals surface area contributed by atoms with E-state index < -0.39 is 11.3 Å². The van der Waals surface area contributed by atoms with E-state index in [-0.39, 0.29) is 23.6 Å². The van der Waals surface area contributed by atoms with Crippen LogP contribution in [0.5, 0.6) is 0 Å². The number of carbonyl (C=O) groups excluding carboxylic acids is 2. The Hall–Kier alpha value is -2.11. The summed E-state index contributed by atoms with van der Waals surface area (Å²) in [6, 6.07) is 1.51. The molecule has 0 spiro atoms. The van der Waals surface area contributed by atoms with E-state index in [4.69, 9.17) is 5.73 Å². The number of carbonyl (C=O) groups is 2. The van der Waals surface area contributed by atoms with Crippen LogP contribution in [0.1, 0.15) is 53.6 Å². The van der Waals surface area contributed by atoms with Gasteiger partial charge >= 0.3 is 0 Å². The number of hydrogen-bond acceptors (Lipinski definition) is 3. The molecule has 0 saturated carbocycles. The molecule has 3 unspecified atom stereocenters. The van der Waals surface area contributed by atoms with Crippen molar-refractivity contribution in [3.8, 4) is 0 Å². The smallest absolute Gasteiger partial charge is 0.270 e. The molecule has 1 fully saturated rings. The zero-order valence-electron chi connectivity index (χ0n) is 12.2. The van der Waals surface area contributed by atoms with Crippen molar-refractivity contribution in [2.45, 2.75) is 38.8 Å². The van der Waals surface area contributed by atoms with E-state index in [0.29, 0.717) is 18.2 Å². The summed E-state index contributed by atoms with van der Waals surface area (Å²) < 4.78 is 1.78. The monoisotopic (exact) mass is 289 g/mol. The third-order valence-electron chi connectivity index (χ3n) is 4.79. The fraction of sp³-hybridized carbons (Fsp3) is 0.533. The van der Waals surface area contributed by atoms with E-state index in [2.05, 4.69) is 6.92 Å². The van der Waals surface area contributed by atoms with Crippen LogP contribution in [0, 0.1) is 5.92 Å². The van der Waals surface area contributed by atoms with Gasteiger partial charge in [-0.1, -0.05) is 6.92 Å². The van der Waals surface area contributed by atoms with Gasteiger partial charge in [-0.15, -0.1) is 0 Å². The Kier molecular flexibility index (Phi) is 3.11. The lowest BCUT2D eigenvalue weighted by Gasteiger charge is -2.38. The first kappa shape index (κ1) is 13.9. The van der Waals surface area contributed by atoms with Crippen molar-refractivity contribution in [3.05, 3.63) is 33.7 Å². The van der Waals surface area contributed by atoms with Gasteiger partial charge in [-0.3, -0.25) is 14.4 Å². The van der Waals surface area contributed by atoms with Crippen molar-refractivity contribution in [1.82, 2.24) is 9.47 Å². The standard InChI is InChI=1S/C15H19N3O3/c1-8-3-4-9(2)17-7-12(8)18-6-10(14(16)20)13(19)5-11(18)15(17)21/h5-6,8-9,12H,3-4,7H2,1-2H3,(H2,16,20). The van der Waals surface area contributed by atoms with E-state index in [1.165, 1.54) is 12.3 Å². The molecule has 3 atom stereocenters. The Bertz CT molecular complexity index is 679. The van der Waals surface area contributed by atoms with Gasteiger partial charge in [0.05, 0.1) is 6.04 Å². The van der Waals surface area contributed by atoms with Crippen LogP contribution in [0.2, 0.25) is 0 Å². The maximum atomic E-state index is 12.6. The number of fused-ring (bicyclic) bond motifs is 4. The lowest BCUT2D eigenvalue weighted by Crippen LogP contribution is -2.48. The fourth-order valence-electron chi connectivity index (χ4n) is 3.39. The van der Waals surface area contributed by atoms with E-state index in [9.17, 15) is 14.4 Å². The molecule has 1 aromatic heterocycles. The molecule has 1 saturated heterocycles. The van der Waals surface area contributed by atoms with Crippen LogP contribution < -0.4 is 11.2 Å². The first-order valence-electron chi connectivity index (χ1n) is 7.27. The van der Waals surface area contributed by atoms with Crippen LogP contribution in [0.25, 0.3) is 0 Å². The van der Waals surface area contributed by atoms with Crippen molar-refractivity contribution < 1.29 is 9.59 Å². The number of amides is 2. The maximum absolute atomic E-state index is 12.6. The quantitative estimate of drug-likeness (QED) is 0.828. The molecule has 1 aromatic rings. The second-order valence-electron chi connectivity index (χ2n) is 6.14. The third kappa shape index (κ3) is 2.05. The highest BCUT2D eigenvalue weighted by Crippen LogP contribution is 2.34. The van der Waals surface area contributed by atoms with Gasteiger partial charge in [0.15, 0.2) is 5.43 Å². The second-order valence-corrected chi connectivity index (χ2v) is 6.14. The molecular formula is C15H19N3O3. The van der Waals surface area contributed by atoms with Gasteiger partial charge in [-0.2, -0.15) is 0 Å². The molecule has 2 amide bonds. The number of hydrogen-bond donors (Lipinski definition) is 1. The normalized spacial score (nSPS) is 28.0. The summed E-state index contributed by atoms with van der Waals surface area (Å²) in [6.45, 7) is 4.80. The molecule has 6 nitrogen and oxygen atoms in total. The van der Waals surface area contributed by atoms with Crippen LogP contribution in [0.4, 0.5) is 0 Å². The van der Waals surface area contributed by atoms with Gasteiger partial charge in [-0.25, -0.2) is 0 Å². The molecule has 6 heteroatoms. The van der Waals surface area contributed by atoms with Crippen LogP contribution in [-0.4, -0.2) is 33.9 Å². The summed E-state index contributed by atoms with van der Waals surface area (Å²) in [7, 11) is 0. The SMILES string of the molecule is CC1CCC(C)N2CC1n1cc(C(N)=O)c(=O)cc1C2=O. The van der Waals surface area contributed by atoms with Crippen LogP contribution >= 0.6 is 0 Å². The van der Waals surface area contributed by atoms with Gasteiger partial charge in [0, 0.05) is 24.8 Å². The summed E-state index contributed by atoms with van der Waals surface area (Å²) in [5.74, 6) is -0.520. The van der Waals surface area contributed by atoms with Gasteiger partial charge < -0.3 is 15.2 Å². The predicted octanol–water partition coefficient (Wildman–Crippen LogP) is 0.763. The Morgan fingerprint density at radius 3 is 2.67 bits per heavy atom. The second kappa shape index (κ2) is 4.72. The predicted molar refractivity (Wildman–Crippen MR) is 77.2 cm³/mol. The zero-order valence-corrected chi connectivity index (χ0v) is 12.2. The van der Waals surface area contributed by atoms with E-state index >= 15 is 0 Å². The molecule has 2 bridgehead atoms. The zero-order chi connectivity index (χ0) is 15.3. The highest BCUT2D eigenvalue weighted by molar-refractivity contribution is 5.96. The lowest BCUT2D eigenvalue weighted by molar-refractivity contribution is 0.0597. The first-order chi connectivity index (χ1) is 9.90. The molecule has 0 radical (unpaired) electrons. The summed E-state index contributed by atoms with van der Waals surface area (Å²) in [6.07, 6.45) is 3.42. The molecule has 112 valence electrons. The van der Waals surface area contributed by atoms with Crippen LogP contribution in [0.15, 0.2) is 17.1 Å². The van der Waals surface area contributed by atoms with Crippen molar-refractivity contribution >= 4 is 11.8 Å². The van der Waals surface area contributed by atoms with E-state index in [0.717, 1.165) is 12.8 Å². The number of primary amides is 1. The van der Waals surface area contributed by atoms with Crippen molar-refractivity contribution in [2.75, 3.05) is 6.54 Å². The fourth-order valence-corrected chi connectivity index (χ4v) is 3.39. The molecule has 3 heterocycles. The molecule has 2 aliphatic rings. The molecule has 0 aliphatic carbocycles. The highest BCUT2D eigenvalue weighted by atomic mass is 16.2. The number of nitrogens with zero attached hydrogens (tertiary/aromatic N) is 2. The number of nitrogens with two attached hydrogens (primary N) is 1. The Morgan fingerprint density at radius 2 is 2.00 bits per heavy atom. The molecule has 21 heavy (non-hydrogen) atoms.